The zero-order valence-electron chi connectivity index (χ0n) is 14.8. The fourth-order valence-electron chi connectivity index (χ4n) is 2.88. The minimum absolute atomic E-state index is 0.0213. The smallest absolute Gasteiger partial charge is 0.409 e. The van der Waals surface area contributed by atoms with E-state index >= 15 is 0 Å². The zero-order valence-corrected chi connectivity index (χ0v) is 14.8. The van der Waals surface area contributed by atoms with Gasteiger partial charge in [0.2, 0.25) is 0 Å². The van der Waals surface area contributed by atoms with Gasteiger partial charge in [-0.1, -0.05) is 0 Å². The first-order valence-electron chi connectivity index (χ1n) is 8.50. The van der Waals surface area contributed by atoms with E-state index in [1.807, 2.05) is 5.32 Å². The molecule has 5 N–H and O–H groups in total. The SMILES string of the molecule is CCOC(=O)c1ncn(C2CCN(C(=O)NC(CN)C(F)(F)F)CC2)c1N. The highest BCUT2D eigenvalue weighted by Crippen LogP contribution is 2.27. The number of urea groups is 1. The molecule has 1 aromatic rings. The average molecular weight is 392 g/mol. The van der Waals surface area contributed by atoms with Crippen LogP contribution in [0.1, 0.15) is 36.3 Å². The molecule has 2 amide bonds. The summed E-state index contributed by atoms with van der Waals surface area (Å²) in [4.78, 5) is 29.1. The number of halogens is 3. The van der Waals surface area contributed by atoms with Crippen molar-refractivity contribution in [3.05, 3.63) is 12.0 Å². The molecule has 0 aromatic carbocycles. The van der Waals surface area contributed by atoms with Crippen LogP contribution in [-0.2, 0) is 4.74 Å². The molecule has 1 atom stereocenters. The lowest BCUT2D eigenvalue weighted by atomic mass is 10.1. The van der Waals surface area contributed by atoms with Crippen molar-refractivity contribution >= 4 is 17.8 Å². The van der Waals surface area contributed by atoms with Gasteiger partial charge in [-0.05, 0) is 19.8 Å². The van der Waals surface area contributed by atoms with Crippen molar-refractivity contribution in [1.82, 2.24) is 19.8 Å². The summed E-state index contributed by atoms with van der Waals surface area (Å²) in [5.74, 6) is -0.456. The molecule has 0 spiro atoms. The summed E-state index contributed by atoms with van der Waals surface area (Å²) < 4.78 is 44.7. The van der Waals surface area contributed by atoms with Gasteiger partial charge in [-0.2, -0.15) is 13.2 Å². The Morgan fingerprint density at radius 3 is 2.56 bits per heavy atom. The minimum Gasteiger partial charge on any atom is -0.461 e. The van der Waals surface area contributed by atoms with E-state index < -0.39 is 30.8 Å². The molecule has 1 fully saturated rings. The van der Waals surface area contributed by atoms with Crippen molar-refractivity contribution in [2.45, 2.75) is 38.0 Å². The third-order valence-corrected chi connectivity index (χ3v) is 4.37. The first-order valence-corrected chi connectivity index (χ1v) is 8.50. The lowest BCUT2D eigenvalue weighted by Gasteiger charge is -2.34. The summed E-state index contributed by atoms with van der Waals surface area (Å²) in [5.41, 5.74) is 11.1. The Bertz CT molecular complexity index is 670. The largest absolute Gasteiger partial charge is 0.461 e. The van der Waals surface area contributed by atoms with E-state index in [2.05, 4.69) is 4.98 Å². The number of alkyl halides is 3. The summed E-state index contributed by atoms with van der Waals surface area (Å²) in [6.45, 7) is 1.60. The maximum absolute atomic E-state index is 12.7. The summed E-state index contributed by atoms with van der Waals surface area (Å²) in [5, 5.41) is 1.91. The topological polar surface area (TPSA) is 128 Å². The number of aromatic nitrogens is 2. The standard InChI is InChI=1S/C15H23F3N6O3/c1-2-27-13(25)11-12(20)24(8-21-11)9-3-5-23(6-4-9)14(26)22-10(7-19)15(16,17)18/h8-10H,2-7,19-20H2,1H3,(H,22,26). The van der Waals surface area contributed by atoms with Crippen molar-refractivity contribution in [2.75, 3.05) is 32.0 Å². The number of imidazole rings is 1. The van der Waals surface area contributed by atoms with Crippen molar-refractivity contribution in [1.29, 1.82) is 0 Å². The van der Waals surface area contributed by atoms with Crippen molar-refractivity contribution in [3.8, 4) is 0 Å². The van der Waals surface area contributed by atoms with Gasteiger partial charge in [0, 0.05) is 25.7 Å². The molecular weight excluding hydrogens is 369 g/mol. The van der Waals surface area contributed by atoms with Crippen LogP contribution in [0, 0.1) is 0 Å². The summed E-state index contributed by atoms with van der Waals surface area (Å²) >= 11 is 0. The maximum atomic E-state index is 12.7. The van der Waals surface area contributed by atoms with Gasteiger partial charge in [-0.25, -0.2) is 14.6 Å². The molecule has 12 heteroatoms. The van der Waals surface area contributed by atoms with Gasteiger partial charge in [-0.3, -0.25) is 0 Å². The van der Waals surface area contributed by atoms with Gasteiger partial charge in [0.1, 0.15) is 11.9 Å². The van der Waals surface area contributed by atoms with Crippen LogP contribution < -0.4 is 16.8 Å². The Balaban J connectivity index is 1.95. The number of nitrogens with one attached hydrogen (secondary N) is 1. The molecule has 0 saturated carbocycles. The van der Waals surface area contributed by atoms with Crippen molar-refractivity contribution in [3.63, 3.8) is 0 Å². The van der Waals surface area contributed by atoms with E-state index in [1.54, 1.807) is 11.5 Å². The number of piperidine rings is 1. The Kier molecular flexibility index (Phi) is 6.52. The number of rotatable bonds is 5. The van der Waals surface area contributed by atoms with Gasteiger partial charge in [-0.15, -0.1) is 0 Å². The number of carbonyl (C=O) groups is 2. The number of esters is 1. The van der Waals surface area contributed by atoms with Crippen LogP contribution in [0.5, 0.6) is 0 Å². The molecule has 0 aliphatic carbocycles. The predicted octanol–water partition coefficient (Wildman–Crippen LogP) is 0.878. The molecule has 0 bridgehead atoms. The average Bonchev–Trinajstić information content (AvgIpc) is 3.00. The van der Waals surface area contributed by atoms with E-state index in [9.17, 15) is 22.8 Å². The number of anilines is 1. The van der Waals surface area contributed by atoms with Crippen LogP contribution in [0.25, 0.3) is 0 Å². The van der Waals surface area contributed by atoms with Crippen LogP contribution in [0.3, 0.4) is 0 Å². The van der Waals surface area contributed by atoms with Gasteiger partial charge >= 0.3 is 18.2 Å². The number of ether oxygens (including phenoxy) is 1. The van der Waals surface area contributed by atoms with Crippen LogP contribution in [0.2, 0.25) is 0 Å². The quantitative estimate of drug-likeness (QED) is 0.638. The maximum Gasteiger partial charge on any atom is 0.409 e. The van der Waals surface area contributed by atoms with Gasteiger partial charge in [0.05, 0.1) is 12.9 Å². The molecule has 27 heavy (non-hydrogen) atoms. The number of nitrogens with zero attached hydrogens (tertiary/aromatic N) is 3. The summed E-state index contributed by atoms with van der Waals surface area (Å²) in [7, 11) is 0. The fraction of sp³-hybridized carbons (Fsp3) is 0.667. The highest BCUT2D eigenvalue weighted by Gasteiger charge is 2.40. The number of hydrogen-bond acceptors (Lipinski definition) is 6. The van der Waals surface area contributed by atoms with E-state index in [0.29, 0.717) is 12.8 Å². The van der Waals surface area contributed by atoms with E-state index in [1.165, 1.54) is 11.2 Å². The lowest BCUT2D eigenvalue weighted by Crippen LogP contribution is -2.55. The second-order valence-corrected chi connectivity index (χ2v) is 6.10. The zero-order chi connectivity index (χ0) is 20.2. The molecular formula is C15H23F3N6O3. The minimum atomic E-state index is -4.60. The molecule has 2 heterocycles. The molecule has 152 valence electrons. The number of hydrogen-bond donors (Lipinski definition) is 3. The molecule has 9 nitrogen and oxygen atoms in total. The molecule has 1 aliphatic rings. The van der Waals surface area contributed by atoms with Gasteiger partial charge in [0.25, 0.3) is 0 Å². The number of nitrogen functional groups attached to an aromatic ring is 1. The fourth-order valence-corrected chi connectivity index (χ4v) is 2.88. The second-order valence-electron chi connectivity index (χ2n) is 6.10. The van der Waals surface area contributed by atoms with Crippen LogP contribution in [0.4, 0.5) is 23.8 Å². The summed E-state index contributed by atoms with van der Waals surface area (Å²) in [6.07, 6.45) is -2.27. The van der Waals surface area contributed by atoms with E-state index in [4.69, 9.17) is 16.2 Å². The third-order valence-electron chi connectivity index (χ3n) is 4.37. The Morgan fingerprint density at radius 2 is 2.04 bits per heavy atom. The van der Waals surface area contributed by atoms with Crippen molar-refractivity contribution in [2.24, 2.45) is 5.73 Å². The Hall–Kier alpha value is -2.50. The Labute approximate surface area is 153 Å². The Morgan fingerprint density at radius 1 is 1.41 bits per heavy atom. The van der Waals surface area contributed by atoms with Crippen LogP contribution in [-0.4, -0.2) is 64.9 Å². The molecule has 0 radical (unpaired) electrons. The van der Waals surface area contributed by atoms with Crippen LogP contribution >= 0.6 is 0 Å². The van der Waals surface area contributed by atoms with E-state index in [0.717, 1.165) is 0 Å². The summed E-state index contributed by atoms with van der Waals surface area (Å²) in [6, 6.07) is -3.02. The predicted molar refractivity (Wildman–Crippen MR) is 89.9 cm³/mol. The van der Waals surface area contributed by atoms with Crippen molar-refractivity contribution < 1.29 is 27.5 Å². The first-order chi connectivity index (χ1) is 12.7. The molecule has 1 aliphatic heterocycles. The number of carbonyl (C=O) groups excluding carboxylic acids is 2. The first kappa shape index (κ1) is 20.8. The molecule has 1 aromatic heterocycles. The highest BCUT2D eigenvalue weighted by atomic mass is 19.4. The molecule has 2 rings (SSSR count). The van der Waals surface area contributed by atoms with E-state index in [-0.39, 0.29) is 37.3 Å². The number of likely N-dealkylation sites (tertiary alicyclic amines) is 1. The van der Waals surface area contributed by atoms with Crippen LogP contribution in [0.15, 0.2) is 6.33 Å². The molecule has 1 unspecified atom stereocenters. The second kappa shape index (κ2) is 8.46. The highest BCUT2D eigenvalue weighted by molar-refractivity contribution is 5.92. The third kappa shape index (κ3) is 4.81. The number of amides is 2. The molecule has 1 saturated heterocycles. The van der Waals surface area contributed by atoms with Gasteiger partial charge in [0.15, 0.2) is 5.69 Å². The van der Waals surface area contributed by atoms with Gasteiger partial charge < -0.3 is 31.0 Å². The monoisotopic (exact) mass is 392 g/mol. The lowest BCUT2D eigenvalue weighted by molar-refractivity contribution is -0.151. The number of nitrogens with two attached hydrogens (primary N) is 2. The normalized spacial score (nSPS) is 16.9.